The molecular weight excluding hydrogens is 171 g/mol. The van der Waals surface area contributed by atoms with E-state index in [4.69, 9.17) is 5.73 Å². The van der Waals surface area contributed by atoms with Crippen molar-refractivity contribution in [1.29, 1.82) is 0 Å². The van der Waals surface area contributed by atoms with Crippen molar-refractivity contribution in [1.82, 2.24) is 14.8 Å². The van der Waals surface area contributed by atoms with E-state index in [-0.39, 0.29) is 6.04 Å². The number of hydrogen-bond donors (Lipinski definition) is 1. The van der Waals surface area contributed by atoms with Crippen LogP contribution in [0.5, 0.6) is 0 Å². The summed E-state index contributed by atoms with van der Waals surface area (Å²) in [7, 11) is 0. The molecule has 1 aromatic rings. The van der Waals surface area contributed by atoms with Gasteiger partial charge >= 0.3 is 0 Å². The monoisotopic (exact) mass is 184 g/mol. The normalized spacial score (nSPS) is 29.0. The van der Waals surface area contributed by atoms with Crippen molar-refractivity contribution in [3.63, 3.8) is 0 Å². The third-order valence-electron chi connectivity index (χ3n) is 2.53. The van der Waals surface area contributed by atoms with Crippen LogP contribution in [0, 0.1) is 0 Å². The zero-order chi connectivity index (χ0) is 9.26. The largest absolute Gasteiger partial charge is 0.368 e. The van der Waals surface area contributed by atoms with Gasteiger partial charge in [0.25, 0.3) is 0 Å². The van der Waals surface area contributed by atoms with Crippen LogP contribution in [0.1, 0.15) is 31.7 Å². The van der Waals surface area contributed by atoms with E-state index in [1.165, 1.54) is 6.33 Å². The zero-order valence-corrected chi connectivity index (χ0v) is 7.36. The van der Waals surface area contributed by atoms with Crippen LogP contribution >= 0.6 is 0 Å². The number of alkyl halides is 1. The van der Waals surface area contributed by atoms with Gasteiger partial charge in [-0.2, -0.15) is 5.10 Å². The molecule has 0 spiro atoms. The van der Waals surface area contributed by atoms with Crippen molar-refractivity contribution in [2.45, 2.75) is 37.9 Å². The average molecular weight is 184 g/mol. The van der Waals surface area contributed by atoms with Crippen LogP contribution in [0.4, 0.5) is 10.3 Å². The molecule has 1 aliphatic rings. The Bertz CT molecular complexity index is 285. The quantitative estimate of drug-likeness (QED) is 0.716. The number of nitrogens with two attached hydrogens (primary N) is 1. The molecular formula is C8H13FN4. The Hall–Kier alpha value is -1.13. The number of nitrogen functional groups attached to an aromatic ring is 1. The Labute approximate surface area is 75.9 Å². The Morgan fingerprint density at radius 2 is 2.38 bits per heavy atom. The number of anilines is 1. The molecule has 72 valence electrons. The second kappa shape index (κ2) is 3.32. The van der Waals surface area contributed by atoms with Crippen LogP contribution in [0.3, 0.4) is 0 Å². The number of rotatable bonds is 1. The van der Waals surface area contributed by atoms with Gasteiger partial charge in [0.15, 0.2) is 0 Å². The smallest absolute Gasteiger partial charge is 0.218 e. The van der Waals surface area contributed by atoms with E-state index >= 15 is 0 Å². The lowest BCUT2D eigenvalue weighted by atomic mass is 9.94. The predicted molar refractivity (Wildman–Crippen MR) is 46.8 cm³/mol. The van der Waals surface area contributed by atoms with Gasteiger partial charge in [-0.15, -0.1) is 0 Å². The Morgan fingerprint density at radius 3 is 3.00 bits per heavy atom. The first kappa shape index (κ1) is 8.47. The van der Waals surface area contributed by atoms with Gasteiger partial charge < -0.3 is 5.73 Å². The van der Waals surface area contributed by atoms with Crippen molar-refractivity contribution >= 4 is 5.95 Å². The first-order chi connectivity index (χ1) is 6.27. The van der Waals surface area contributed by atoms with Crippen molar-refractivity contribution in [2.75, 3.05) is 5.73 Å². The van der Waals surface area contributed by atoms with Gasteiger partial charge in [0, 0.05) is 6.42 Å². The highest BCUT2D eigenvalue weighted by molar-refractivity contribution is 5.13. The van der Waals surface area contributed by atoms with Gasteiger partial charge in [0.05, 0.1) is 6.04 Å². The highest BCUT2D eigenvalue weighted by atomic mass is 19.1. The first-order valence-electron chi connectivity index (χ1n) is 4.56. The average Bonchev–Trinajstić information content (AvgIpc) is 2.51. The van der Waals surface area contributed by atoms with E-state index in [1.807, 2.05) is 0 Å². The van der Waals surface area contributed by atoms with E-state index < -0.39 is 6.17 Å². The highest BCUT2D eigenvalue weighted by Crippen LogP contribution is 2.30. The number of halogens is 1. The maximum Gasteiger partial charge on any atom is 0.218 e. The second-order valence-corrected chi connectivity index (χ2v) is 3.48. The fourth-order valence-electron chi connectivity index (χ4n) is 1.87. The lowest BCUT2D eigenvalue weighted by Gasteiger charge is -2.24. The van der Waals surface area contributed by atoms with Gasteiger partial charge in [-0.05, 0) is 19.3 Å². The first-order valence-corrected chi connectivity index (χ1v) is 4.56. The van der Waals surface area contributed by atoms with E-state index in [0.29, 0.717) is 18.8 Å². The van der Waals surface area contributed by atoms with E-state index in [0.717, 1.165) is 12.8 Å². The van der Waals surface area contributed by atoms with Crippen LogP contribution < -0.4 is 5.73 Å². The molecule has 4 nitrogen and oxygen atoms in total. The van der Waals surface area contributed by atoms with Crippen LogP contribution in [0.2, 0.25) is 0 Å². The van der Waals surface area contributed by atoms with Gasteiger partial charge in [0.1, 0.15) is 12.5 Å². The van der Waals surface area contributed by atoms with Gasteiger partial charge in [-0.25, -0.2) is 14.1 Å². The molecule has 2 unspecified atom stereocenters. The lowest BCUT2D eigenvalue weighted by Crippen LogP contribution is -2.22. The van der Waals surface area contributed by atoms with Crippen molar-refractivity contribution in [3.05, 3.63) is 6.33 Å². The third kappa shape index (κ3) is 1.64. The molecule has 0 saturated heterocycles. The second-order valence-electron chi connectivity index (χ2n) is 3.48. The zero-order valence-electron chi connectivity index (χ0n) is 7.36. The van der Waals surface area contributed by atoms with Crippen LogP contribution in [0.15, 0.2) is 6.33 Å². The molecule has 0 aromatic carbocycles. The van der Waals surface area contributed by atoms with Gasteiger partial charge in [-0.3, -0.25) is 0 Å². The fourth-order valence-corrected chi connectivity index (χ4v) is 1.87. The van der Waals surface area contributed by atoms with E-state index in [2.05, 4.69) is 10.1 Å². The van der Waals surface area contributed by atoms with E-state index in [1.54, 1.807) is 4.68 Å². The van der Waals surface area contributed by atoms with Crippen molar-refractivity contribution in [2.24, 2.45) is 0 Å². The molecule has 1 aromatic heterocycles. The topological polar surface area (TPSA) is 56.7 Å². The third-order valence-corrected chi connectivity index (χ3v) is 2.53. The minimum Gasteiger partial charge on any atom is -0.368 e. The molecule has 0 radical (unpaired) electrons. The molecule has 2 atom stereocenters. The molecule has 1 fully saturated rings. The molecule has 2 rings (SSSR count). The summed E-state index contributed by atoms with van der Waals surface area (Å²) >= 11 is 0. The SMILES string of the molecule is Nc1ncnn1C1CCCC(F)C1. The molecule has 2 N–H and O–H groups in total. The summed E-state index contributed by atoms with van der Waals surface area (Å²) in [5.74, 6) is 0.388. The molecule has 0 amide bonds. The predicted octanol–water partition coefficient (Wildman–Crippen LogP) is 1.31. The molecule has 13 heavy (non-hydrogen) atoms. The molecule has 1 heterocycles. The van der Waals surface area contributed by atoms with E-state index in [9.17, 15) is 4.39 Å². The Balaban J connectivity index is 2.12. The summed E-state index contributed by atoms with van der Waals surface area (Å²) < 4.78 is 14.7. The summed E-state index contributed by atoms with van der Waals surface area (Å²) in [6.45, 7) is 0. The van der Waals surface area contributed by atoms with Crippen molar-refractivity contribution in [3.8, 4) is 0 Å². The highest BCUT2D eigenvalue weighted by Gasteiger charge is 2.24. The van der Waals surface area contributed by atoms with Crippen LogP contribution in [-0.4, -0.2) is 20.9 Å². The number of nitrogens with zero attached hydrogens (tertiary/aromatic N) is 3. The molecule has 0 bridgehead atoms. The Morgan fingerprint density at radius 1 is 1.54 bits per heavy atom. The standard InChI is InChI=1S/C8H13FN4/c9-6-2-1-3-7(4-6)13-8(10)11-5-12-13/h5-7H,1-4H2,(H2,10,11,12). The minimum atomic E-state index is -0.706. The lowest BCUT2D eigenvalue weighted by molar-refractivity contribution is 0.194. The number of aromatic nitrogens is 3. The van der Waals surface area contributed by atoms with Crippen molar-refractivity contribution < 1.29 is 4.39 Å². The molecule has 5 heteroatoms. The van der Waals surface area contributed by atoms with Crippen LogP contribution in [-0.2, 0) is 0 Å². The molecule has 0 aliphatic heterocycles. The summed E-state index contributed by atoms with van der Waals surface area (Å²) in [5, 5.41) is 3.99. The molecule has 1 saturated carbocycles. The summed E-state index contributed by atoms with van der Waals surface area (Å²) in [5.41, 5.74) is 5.58. The minimum absolute atomic E-state index is 0.103. The summed E-state index contributed by atoms with van der Waals surface area (Å²) in [4.78, 5) is 3.82. The van der Waals surface area contributed by atoms with Gasteiger partial charge in [0.2, 0.25) is 5.95 Å². The maximum absolute atomic E-state index is 13.1. The van der Waals surface area contributed by atoms with Gasteiger partial charge in [-0.1, -0.05) is 0 Å². The maximum atomic E-state index is 13.1. The number of hydrogen-bond acceptors (Lipinski definition) is 3. The Kier molecular flexibility index (Phi) is 2.16. The fraction of sp³-hybridized carbons (Fsp3) is 0.750. The van der Waals surface area contributed by atoms with Crippen LogP contribution in [0.25, 0.3) is 0 Å². The summed E-state index contributed by atoms with van der Waals surface area (Å²) in [6.07, 6.45) is 3.76. The molecule has 1 aliphatic carbocycles. The summed E-state index contributed by atoms with van der Waals surface area (Å²) in [6, 6.07) is 0.103.